The van der Waals surface area contributed by atoms with Gasteiger partial charge in [-0.1, -0.05) is 11.6 Å². The molecule has 0 aliphatic carbocycles. The second kappa shape index (κ2) is 5.15. The molecule has 2 aromatic heterocycles. The zero-order chi connectivity index (χ0) is 16.1. The Balaban J connectivity index is 2.20. The highest BCUT2D eigenvalue weighted by Crippen LogP contribution is 2.42. The summed E-state index contributed by atoms with van der Waals surface area (Å²) in [5, 5.41) is 30.3. The quantitative estimate of drug-likeness (QED) is 0.553. The van der Waals surface area contributed by atoms with Crippen molar-refractivity contribution in [3.05, 3.63) is 29.1 Å². The highest BCUT2D eigenvalue weighted by molar-refractivity contribution is 6.35. The molecule has 1 unspecified atom stereocenters. The molecule has 22 heavy (non-hydrogen) atoms. The van der Waals surface area contributed by atoms with E-state index >= 15 is 0 Å². The summed E-state index contributed by atoms with van der Waals surface area (Å²) < 4.78 is 6.96. The van der Waals surface area contributed by atoms with Gasteiger partial charge in [0, 0.05) is 6.20 Å². The highest BCUT2D eigenvalue weighted by atomic mass is 35.5. The molecular formula is C13H13ClN4O4. The van der Waals surface area contributed by atoms with E-state index in [4.69, 9.17) is 22.9 Å². The van der Waals surface area contributed by atoms with E-state index in [0.717, 1.165) is 0 Å². The fourth-order valence-corrected chi connectivity index (χ4v) is 2.91. The number of rotatable bonds is 2. The Labute approximate surface area is 130 Å². The molecule has 0 spiro atoms. The number of fused-ring (bicyclic) bond motifs is 1. The van der Waals surface area contributed by atoms with Crippen molar-refractivity contribution >= 4 is 28.3 Å². The standard InChI is InChI=1S/C13H13ClN4O4/c1-13(21)9(20)7(4-19)22-12(13)18-3-6(15-2)8-10(14)16-5-17-11(8)18/h3,5,7,9,12,19-21H,4H2,1H3/t7-,9-,12-,13?/m1/s1. The zero-order valence-corrected chi connectivity index (χ0v) is 12.3. The summed E-state index contributed by atoms with van der Waals surface area (Å²) in [4.78, 5) is 11.3. The van der Waals surface area contributed by atoms with Crippen molar-refractivity contribution in [2.45, 2.75) is 31.0 Å². The molecule has 0 amide bonds. The van der Waals surface area contributed by atoms with Crippen LogP contribution in [0.5, 0.6) is 0 Å². The lowest BCUT2D eigenvalue weighted by Crippen LogP contribution is -2.44. The van der Waals surface area contributed by atoms with Gasteiger partial charge in [0.1, 0.15) is 34.9 Å². The number of ether oxygens (including phenoxy) is 1. The first kappa shape index (κ1) is 15.1. The van der Waals surface area contributed by atoms with Crippen LogP contribution < -0.4 is 0 Å². The molecule has 0 bridgehead atoms. The first-order valence-electron chi connectivity index (χ1n) is 6.47. The lowest BCUT2D eigenvalue weighted by molar-refractivity contribution is -0.0947. The van der Waals surface area contributed by atoms with Gasteiger partial charge in [-0.15, -0.1) is 0 Å². The van der Waals surface area contributed by atoms with Crippen LogP contribution in [0, 0.1) is 6.57 Å². The third kappa shape index (κ3) is 1.99. The van der Waals surface area contributed by atoms with Gasteiger partial charge in [-0.2, -0.15) is 0 Å². The average molecular weight is 325 g/mol. The van der Waals surface area contributed by atoms with Crippen molar-refractivity contribution in [1.82, 2.24) is 14.5 Å². The first-order chi connectivity index (χ1) is 10.4. The zero-order valence-electron chi connectivity index (χ0n) is 11.5. The Morgan fingerprint density at radius 1 is 1.55 bits per heavy atom. The molecule has 3 rings (SSSR count). The Kier molecular flexibility index (Phi) is 3.55. The molecule has 1 fully saturated rings. The van der Waals surface area contributed by atoms with E-state index in [1.54, 1.807) is 0 Å². The molecule has 4 atom stereocenters. The predicted molar refractivity (Wildman–Crippen MR) is 76.4 cm³/mol. The minimum atomic E-state index is -1.67. The normalized spacial score (nSPS) is 31.5. The van der Waals surface area contributed by atoms with Crippen molar-refractivity contribution in [2.75, 3.05) is 6.61 Å². The molecule has 0 aromatic carbocycles. The van der Waals surface area contributed by atoms with Gasteiger partial charge in [0.15, 0.2) is 6.23 Å². The van der Waals surface area contributed by atoms with E-state index in [2.05, 4.69) is 14.8 Å². The fraction of sp³-hybridized carbons (Fsp3) is 0.462. The lowest BCUT2D eigenvalue weighted by atomic mass is 9.96. The Hall–Kier alpha value is -1.76. The minimum absolute atomic E-state index is 0.117. The van der Waals surface area contributed by atoms with E-state index < -0.39 is 30.6 Å². The molecule has 9 heteroatoms. The predicted octanol–water partition coefficient (Wildman–Crippen LogP) is 0.637. The van der Waals surface area contributed by atoms with Gasteiger partial charge in [-0.3, -0.25) is 0 Å². The number of aliphatic hydroxyl groups is 3. The highest BCUT2D eigenvalue weighted by Gasteiger charge is 2.53. The summed E-state index contributed by atoms with van der Waals surface area (Å²) in [5.41, 5.74) is -1.15. The second-order valence-corrected chi connectivity index (χ2v) is 5.63. The Bertz CT molecular complexity index is 769. The van der Waals surface area contributed by atoms with Crippen molar-refractivity contribution in [2.24, 2.45) is 0 Å². The second-order valence-electron chi connectivity index (χ2n) is 5.28. The number of halogens is 1. The monoisotopic (exact) mass is 324 g/mol. The third-order valence-electron chi connectivity index (χ3n) is 3.85. The smallest absolute Gasteiger partial charge is 0.216 e. The first-order valence-corrected chi connectivity index (χ1v) is 6.84. The van der Waals surface area contributed by atoms with Gasteiger partial charge < -0.3 is 24.6 Å². The van der Waals surface area contributed by atoms with E-state index in [1.807, 2.05) is 0 Å². The summed E-state index contributed by atoms with van der Waals surface area (Å²) >= 11 is 6.02. The number of hydrogen-bond donors (Lipinski definition) is 3. The maximum atomic E-state index is 10.5. The molecular weight excluding hydrogens is 312 g/mol. The van der Waals surface area contributed by atoms with Crippen LogP contribution in [0.25, 0.3) is 15.9 Å². The van der Waals surface area contributed by atoms with Crippen LogP contribution in [0.1, 0.15) is 13.2 Å². The molecule has 1 saturated heterocycles. The molecule has 0 saturated carbocycles. The molecule has 3 N–H and O–H groups in total. The molecule has 116 valence electrons. The molecule has 8 nitrogen and oxygen atoms in total. The van der Waals surface area contributed by atoms with Crippen molar-refractivity contribution in [1.29, 1.82) is 0 Å². The van der Waals surface area contributed by atoms with Crippen LogP contribution >= 0.6 is 11.6 Å². The van der Waals surface area contributed by atoms with Crippen LogP contribution in [0.4, 0.5) is 5.69 Å². The van der Waals surface area contributed by atoms with Crippen LogP contribution in [-0.2, 0) is 4.74 Å². The van der Waals surface area contributed by atoms with Crippen LogP contribution in [0.2, 0.25) is 5.15 Å². The van der Waals surface area contributed by atoms with Gasteiger partial charge >= 0.3 is 0 Å². The van der Waals surface area contributed by atoms with Gasteiger partial charge in [-0.25, -0.2) is 14.8 Å². The van der Waals surface area contributed by atoms with E-state index in [9.17, 15) is 15.3 Å². The Morgan fingerprint density at radius 3 is 2.86 bits per heavy atom. The average Bonchev–Trinajstić information content (AvgIpc) is 2.97. The summed E-state index contributed by atoms with van der Waals surface area (Å²) in [5.74, 6) is 0. The van der Waals surface area contributed by atoms with E-state index in [1.165, 1.54) is 24.0 Å². The van der Waals surface area contributed by atoms with Gasteiger partial charge in [0.25, 0.3) is 0 Å². The molecule has 0 radical (unpaired) electrons. The maximum absolute atomic E-state index is 10.5. The summed E-state index contributed by atoms with van der Waals surface area (Å²) in [6, 6.07) is 0. The van der Waals surface area contributed by atoms with Crippen LogP contribution in [-0.4, -0.2) is 54.3 Å². The van der Waals surface area contributed by atoms with Crippen LogP contribution in [0.15, 0.2) is 12.5 Å². The van der Waals surface area contributed by atoms with Gasteiger partial charge in [0.05, 0.1) is 18.6 Å². The van der Waals surface area contributed by atoms with Crippen molar-refractivity contribution < 1.29 is 20.1 Å². The molecule has 3 heterocycles. The van der Waals surface area contributed by atoms with Gasteiger partial charge in [0.2, 0.25) is 5.69 Å². The number of aliphatic hydroxyl groups excluding tert-OH is 2. The number of nitrogens with zero attached hydrogens (tertiary/aromatic N) is 4. The van der Waals surface area contributed by atoms with Crippen LogP contribution in [0.3, 0.4) is 0 Å². The number of aromatic nitrogens is 3. The maximum Gasteiger partial charge on any atom is 0.216 e. The van der Waals surface area contributed by atoms with Crippen molar-refractivity contribution in [3.8, 4) is 0 Å². The largest absolute Gasteiger partial charge is 0.394 e. The summed E-state index contributed by atoms with van der Waals surface area (Å²) in [7, 11) is 0. The SMILES string of the molecule is [C-]#[N+]c1cn([C@@H]2O[C@H](CO)[C@@H](O)C2(C)O)c2ncnc(Cl)c12. The number of hydrogen-bond acceptors (Lipinski definition) is 6. The summed E-state index contributed by atoms with van der Waals surface area (Å²) in [6.07, 6.45) is -0.578. The summed E-state index contributed by atoms with van der Waals surface area (Å²) in [6.45, 7) is 8.17. The Morgan fingerprint density at radius 2 is 2.27 bits per heavy atom. The molecule has 1 aliphatic rings. The minimum Gasteiger partial charge on any atom is -0.394 e. The van der Waals surface area contributed by atoms with E-state index in [0.29, 0.717) is 11.0 Å². The molecule has 1 aliphatic heterocycles. The molecule has 2 aromatic rings. The van der Waals surface area contributed by atoms with Crippen molar-refractivity contribution in [3.63, 3.8) is 0 Å². The lowest BCUT2D eigenvalue weighted by Gasteiger charge is -2.27. The van der Waals surface area contributed by atoms with Gasteiger partial charge in [-0.05, 0) is 6.92 Å². The third-order valence-corrected chi connectivity index (χ3v) is 4.14. The topological polar surface area (TPSA) is 105 Å². The fourth-order valence-electron chi connectivity index (χ4n) is 2.68. The van der Waals surface area contributed by atoms with E-state index in [-0.39, 0.29) is 10.8 Å².